The highest BCUT2D eigenvalue weighted by Crippen LogP contribution is 2.22. The maximum Gasteiger partial charge on any atom is 0.251 e. The predicted octanol–water partition coefficient (Wildman–Crippen LogP) is 2.33. The van der Waals surface area contributed by atoms with Crippen LogP contribution in [0.2, 0.25) is 0 Å². The highest BCUT2D eigenvalue weighted by atomic mass is 16.6. The fourth-order valence-corrected chi connectivity index (χ4v) is 4.46. The molecule has 2 heterocycles. The van der Waals surface area contributed by atoms with E-state index in [-0.39, 0.29) is 12.0 Å². The lowest BCUT2D eigenvalue weighted by Gasteiger charge is -2.35. The smallest absolute Gasteiger partial charge is 0.251 e. The average molecular weight is 388 g/mol. The van der Waals surface area contributed by atoms with Crippen LogP contribution in [-0.4, -0.2) is 63.5 Å². The van der Waals surface area contributed by atoms with Crippen LogP contribution in [0.25, 0.3) is 0 Å². The summed E-state index contributed by atoms with van der Waals surface area (Å²) in [6.07, 6.45) is 7.13. The number of rotatable bonds is 6. The third-order valence-electron chi connectivity index (χ3n) is 6.20. The Bertz CT molecular complexity index is 616. The SMILES string of the molecule is O=C(NC1CCCC1)c1ccc(N2CCC(NC[C@@H]3COCCO3)CC2)cc1. The van der Waals surface area contributed by atoms with Gasteiger partial charge in [0.25, 0.3) is 5.91 Å². The van der Waals surface area contributed by atoms with Crippen LogP contribution in [0.4, 0.5) is 5.69 Å². The monoisotopic (exact) mass is 387 g/mol. The molecule has 2 aliphatic heterocycles. The number of nitrogens with one attached hydrogen (secondary N) is 2. The molecule has 0 unspecified atom stereocenters. The molecule has 1 saturated carbocycles. The molecule has 28 heavy (non-hydrogen) atoms. The van der Waals surface area contributed by atoms with Crippen molar-refractivity contribution in [2.75, 3.05) is 44.4 Å². The Morgan fingerprint density at radius 1 is 1.00 bits per heavy atom. The molecule has 2 saturated heterocycles. The molecule has 0 aromatic heterocycles. The molecule has 0 spiro atoms. The van der Waals surface area contributed by atoms with Crippen molar-refractivity contribution in [2.45, 2.75) is 56.7 Å². The van der Waals surface area contributed by atoms with Gasteiger partial charge in [-0.15, -0.1) is 0 Å². The van der Waals surface area contributed by atoms with Crippen LogP contribution >= 0.6 is 0 Å². The molecule has 1 atom stereocenters. The van der Waals surface area contributed by atoms with Crippen LogP contribution < -0.4 is 15.5 Å². The minimum Gasteiger partial charge on any atom is -0.376 e. The molecule has 3 fully saturated rings. The van der Waals surface area contributed by atoms with Crippen molar-refractivity contribution in [3.8, 4) is 0 Å². The minimum absolute atomic E-state index is 0.0651. The zero-order valence-corrected chi connectivity index (χ0v) is 16.7. The van der Waals surface area contributed by atoms with E-state index < -0.39 is 0 Å². The van der Waals surface area contributed by atoms with Gasteiger partial charge in [0.05, 0.1) is 25.9 Å². The van der Waals surface area contributed by atoms with E-state index in [1.165, 1.54) is 18.5 Å². The molecule has 1 aliphatic carbocycles. The second kappa shape index (κ2) is 9.72. The maximum absolute atomic E-state index is 12.4. The fourth-order valence-electron chi connectivity index (χ4n) is 4.46. The summed E-state index contributed by atoms with van der Waals surface area (Å²) < 4.78 is 11.2. The highest BCUT2D eigenvalue weighted by molar-refractivity contribution is 5.94. The summed E-state index contributed by atoms with van der Waals surface area (Å²) in [5.41, 5.74) is 1.97. The van der Waals surface area contributed by atoms with E-state index in [1.807, 2.05) is 12.1 Å². The van der Waals surface area contributed by atoms with Gasteiger partial charge in [0.15, 0.2) is 0 Å². The molecule has 2 N–H and O–H groups in total. The van der Waals surface area contributed by atoms with E-state index in [2.05, 4.69) is 27.7 Å². The Morgan fingerprint density at radius 2 is 1.75 bits per heavy atom. The summed E-state index contributed by atoms with van der Waals surface area (Å²) in [6, 6.07) is 9.01. The lowest BCUT2D eigenvalue weighted by Crippen LogP contribution is -2.46. The second-order valence-corrected chi connectivity index (χ2v) is 8.24. The third kappa shape index (κ3) is 5.25. The summed E-state index contributed by atoms with van der Waals surface area (Å²) in [6.45, 7) is 5.07. The maximum atomic E-state index is 12.4. The largest absolute Gasteiger partial charge is 0.376 e. The van der Waals surface area contributed by atoms with Gasteiger partial charge in [-0.3, -0.25) is 4.79 Å². The summed E-state index contributed by atoms with van der Waals surface area (Å²) in [5.74, 6) is 0.0651. The van der Waals surface area contributed by atoms with Gasteiger partial charge in [-0.25, -0.2) is 0 Å². The van der Waals surface area contributed by atoms with Gasteiger partial charge in [0.1, 0.15) is 0 Å². The fraction of sp³-hybridized carbons (Fsp3) is 0.682. The standard InChI is InChI=1S/C22H33N3O3/c26-22(24-19-3-1-2-4-19)17-5-7-20(8-6-17)25-11-9-18(10-12-25)23-15-21-16-27-13-14-28-21/h5-8,18-19,21,23H,1-4,9-16H2,(H,24,26)/t21-/m1/s1. The zero-order chi connectivity index (χ0) is 19.2. The van der Waals surface area contributed by atoms with Crippen LogP contribution in [0.3, 0.4) is 0 Å². The Labute approximate surface area is 168 Å². The molecule has 1 aromatic carbocycles. The third-order valence-corrected chi connectivity index (χ3v) is 6.20. The molecule has 6 nitrogen and oxygen atoms in total. The van der Waals surface area contributed by atoms with Gasteiger partial charge in [-0.05, 0) is 49.9 Å². The molecule has 154 valence electrons. The van der Waals surface area contributed by atoms with Crippen molar-refractivity contribution in [3.63, 3.8) is 0 Å². The number of amides is 1. The number of ether oxygens (including phenoxy) is 2. The Kier molecular flexibility index (Phi) is 6.83. The van der Waals surface area contributed by atoms with Gasteiger partial charge in [-0.2, -0.15) is 0 Å². The first-order chi connectivity index (χ1) is 13.8. The van der Waals surface area contributed by atoms with E-state index in [0.717, 1.165) is 57.5 Å². The van der Waals surface area contributed by atoms with Crippen molar-refractivity contribution in [1.29, 1.82) is 0 Å². The van der Waals surface area contributed by atoms with Gasteiger partial charge >= 0.3 is 0 Å². The van der Waals surface area contributed by atoms with Gasteiger partial charge in [0.2, 0.25) is 0 Å². The summed E-state index contributed by atoms with van der Waals surface area (Å²) in [7, 11) is 0. The van der Waals surface area contributed by atoms with Crippen LogP contribution in [0.15, 0.2) is 24.3 Å². The van der Waals surface area contributed by atoms with Crippen LogP contribution in [-0.2, 0) is 9.47 Å². The van der Waals surface area contributed by atoms with E-state index in [4.69, 9.17) is 9.47 Å². The Balaban J connectivity index is 1.21. The number of hydrogen-bond acceptors (Lipinski definition) is 5. The van der Waals surface area contributed by atoms with Gasteiger partial charge in [-0.1, -0.05) is 12.8 Å². The normalized spacial score (nSPS) is 24.4. The number of benzene rings is 1. The summed E-state index contributed by atoms with van der Waals surface area (Å²) in [5, 5.41) is 6.80. The predicted molar refractivity (Wildman–Crippen MR) is 110 cm³/mol. The Morgan fingerprint density at radius 3 is 2.43 bits per heavy atom. The number of nitrogens with zero attached hydrogens (tertiary/aromatic N) is 1. The molecule has 6 heteroatoms. The number of carbonyl (C=O) groups excluding carboxylic acids is 1. The lowest BCUT2D eigenvalue weighted by atomic mass is 10.0. The molecular weight excluding hydrogens is 354 g/mol. The van der Waals surface area contributed by atoms with Crippen LogP contribution in [0.5, 0.6) is 0 Å². The van der Waals surface area contributed by atoms with E-state index in [9.17, 15) is 4.79 Å². The number of carbonyl (C=O) groups is 1. The number of piperidine rings is 1. The van der Waals surface area contributed by atoms with Crippen molar-refractivity contribution < 1.29 is 14.3 Å². The Hall–Kier alpha value is -1.63. The molecule has 0 bridgehead atoms. The van der Waals surface area contributed by atoms with Crippen molar-refractivity contribution in [1.82, 2.24) is 10.6 Å². The van der Waals surface area contributed by atoms with E-state index in [1.54, 1.807) is 0 Å². The molecule has 3 aliphatic rings. The molecule has 4 rings (SSSR count). The van der Waals surface area contributed by atoms with Crippen LogP contribution in [0.1, 0.15) is 48.9 Å². The topological polar surface area (TPSA) is 62.8 Å². The molecule has 1 amide bonds. The molecule has 0 radical (unpaired) electrons. The van der Waals surface area contributed by atoms with Gasteiger partial charge < -0.3 is 25.0 Å². The molecular formula is C22H33N3O3. The van der Waals surface area contributed by atoms with Crippen molar-refractivity contribution in [3.05, 3.63) is 29.8 Å². The van der Waals surface area contributed by atoms with E-state index >= 15 is 0 Å². The van der Waals surface area contributed by atoms with E-state index in [0.29, 0.717) is 25.3 Å². The van der Waals surface area contributed by atoms with Crippen molar-refractivity contribution in [2.24, 2.45) is 0 Å². The number of hydrogen-bond donors (Lipinski definition) is 2. The van der Waals surface area contributed by atoms with Crippen LogP contribution in [0, 0.1) is 0 Å². The number of anilines is 1. The first kappa shape index (κ1) is 19.7. The summed E-state index contributed by atoms with van der Waals surface area (Å²) in [4.78, 5) is 14.8. The first-order valence-electron chi connectivity index (χ1n) is 10.9. The first-order valence-corrected chi connectivity index (χ1v) is 10.9. The summed E-state index contributed by atoms with van der Waals surface area (Å²) >= 11 is 0. The second-order valence-electron chi connectivity index (χ2n) is 8.24. The zero-order valence-electron chi connectivity index (χ0n) is 16.7. The quantitative estimate of drug-likeness (QED) is 0.785. The van der Waals surface area contributed by atoms with Gasteiger partial charge in [0, 0.05) is 43.0 Å². The molecule has 1 aromatic rings. The lowest BCUT2D eigenvalue weighted by molar-refractivity contribution is -0.0872. The van der Waals surface area contributed by atoms with Crippen molar-refractivity contribution >= 4 is 11.6 Å². The minimum atomic E-state index is 0.0651. The highest BCUT2D eigenvalue weighted by Gasteiger charge is 2.22. The average Bonchev–Trinajstić information content (AvgIpc) is 3.26.